The molecule has 1 aliphatic heterocycles. The zero-order chi connectivity index (χ0) is 14.6. The number of hydrogen-bond acceptors (Lipinski definition) is 4. The summed E-state index contributed by atoms with van der Waals surface area (Å²) in [6, 6.07) is 7.01. The fraction of sp³-hybridized carbons (Fsp3) is 0.571. The molecule has 0 saturated carbocycles. The average Bonchev–Trinajstić information content (AvgIpc) is 2.46. The van der Waals surface area contributed by atoms with Gasteiger partial charge in [-0.05, 0) is 24.1 Å². The van der Waals surface area contributed by atoms with Crippen molar-refractivity contribution in [1.82, 2.24) is 4.31 Å². The number of sulfonamides is 1. The van der Waals surface area contributed by atoms with Crippen LogP contribution in [0.4, 0.5) is 5.69 Å². The quantitative estimate of drug-likeness (QED) is 0.900. The first-order valence-corrected chi connectivity index (χ1v) is 8.36. The van der Waals surface area contributed by atoms with E-state index in [9.17, 15) is 8.42 Å². The molecule has 0 atom stereocenters. The van der Waals surface area contributed by atoms with Crippen molar-refractivity contribution >= 4 is 15.7 Å². The molecule has 1 heterocycles. The summed E-state index contributed by atoms with van der Waals surface area (Å²) in [7, 11) is -3.41. The molecule has 0 bridgehead atoms. The second-order valence-electron chi connectivity index (χ2n) is 5.32. The first-order valence-electron chi connectivity index (χ1n) is 6.92. The van der Waals surface area contributed by atoms with Gasteiger partial charge in [-0.2, -0.15) is 4.31 Å². The molecule has 0 aliphatic carbocycles. The van der Waals surface area contributed by atoms with E-state index in [1.54, 1.807) is 18.2 Å². The lowest BCUT2D eigenvalue weighted by atomic mass is 10.2. The van der Waals surface area contributed by atoms with E-state index in [2.05, 4.69) is 19.2 Å². The first kappa shape index (κ1) is 15.3. The average molecular weight is 298 g/mol. The second-order valence-corrected chi connectivity index (χ2v) is 7.26. The Morgan fingerprint density at radius 1 is 1.30 bits per heavy atom. The number of rotatable bonds is 5. The van der Waals surface area contributed by atoms with Crippen LogP contribution in [0.25, 0.3) is 0 Å². The van der Waals surface area contributed by atoms with Crippen LogP contribution in [0, 0.1) is 5.92 Å². The molecule has 1 aromatic rings. The molecule has 1 N–H and O–H groups in total. The monoisotopic (exact) mass is 298 g/mol. The van der Waals surface area contributed by atoms with Gasteiger partial charge >= 0.3 is 0 Å². The molecule has 0 spiro atoms. The van der Waals surface area contributed by atoms with Gasteiger partial charge in [0, 0.05) is 25.3 Å². The standard InChI is InChI=1S/C14H22N2O3S/c1-12(2)11-15-13-4-3-5-14(10-13)20(17,18)16-6-8-19-9-7-16/h3-5,10,12,15H,6-9,11H2,1-2H3. The molecule has 1 aliphatic rings. The van der Waals surface area contributed by atoms with Crippen LogP contribution in [-0.4, -0.2) is 45.6 Å². The lowest BCUT2D eigenvalue weighted by molar-refractivity contribution is 0.0730. The van der Waals surface area contributed by atoms with Crippen molar-refractivity contribution in [3.8, 4) is 0 Å². The Labute approximate surface area is 121 Å². The van der Waals surface area contributed by atoms with Gasteiger partial charge in [0.2, 0.25) is 10.0 Å². The summed E-state index contributed by atoms with van der Waals surface area (Å²) in [5.41, 5.74) is 0.841. The van der Waals surface area contributed by atoms with Crippen molar-refractivity contribution in [3.05, 3.63) is 24.3 Å². The molecule has 112 valence electrons. The van der Waals surface area contributed by atoms with Crippen LogP contribution in [0.3, 0.4) is 0 Å². The zero-order valence-electron chi connectivity index (χ0n) is 12.0. The first-order chi connectivity index (χ1) is 9.50. The Kier molecular flexibility index (Phi) is 5.01. The van der Waals surface area contributed by atoms with Gasteiger partial charge in [-0.1, -0.05) is 19.9 Å². The van der Waals surface area contributed by atoms with E-state index in [1.165, 1.54) is 4.31 Å². The topological polar surface area (TPSA) is 58.6 Å². The highest BCUT2D eigenvalue weighted by molar-refractivity contribution is 7.89. The van der Waals surface area contributed by atoms with E-state index >= 15 is 0 Å². The van der Waals surface area contributed by atoms with Crippen LogP contribution in [0.2, 0.25) is 0 Å². The van der Waals surface area contributed by atoms with Crippen LogP contribution < -0.4 is 5.32 Å². The van der Waals surface area contributed by atoms with Gasteiger partial charge in [-0.25, -0.2) is 8.42 Å². The second kappa shape index (κ2) is 6.56. The van der Waals surface area contributed by atoms with E-state index in [1.807, 2.05) is 6.07 Å². The Hall–Kier alpha value is -1.11. The molecular formula is C14H22N2O3S. The molecule has 0 amide bonds. The molecular weight excluding hydrogens is 276 g/mol. The highest BCUT2D eigenvalue weighted by Gasteiger charge is 2.26. The zero-order valence-corrected chi connectivity index (χ0v) is 12.8. The van der Waals surface area contributed by atoms with E-state index in [0.717, 1.165) is 12.2 Å². The van der Waals surface area contributed by atoms with Crippen molar-refractivity contribution in [2.24, 2.45) is 5.92 Å². The van der Waals surface area contributed by atoms with Crippen molar-refractivity contribution in [2.75, 3.05) is 38.2 Å². The SMILES string of the molecule is CC(C)CNc1cccc(S(=O)(=O)N2CCOCC2)c1. The predicted octanol–water partition coefficient (Wildman–Crippen LogP) is 1.78. The lowest BCUT2D eigenvalue weighted by Crippen LogP contribution is -2.40. The Morgan fingerprint density at radius 2 is 2.00 bits per heavy atom. The summed E-state index contributed by atoms with van der Waals surface area (Å²) in [4.78, 5) is 0.341. The largest absolute Gasteiger partial charge is 0.385 e. The van der Waals surface area contributed by atoms with Gasteiger partial charge in [-0.3, -0.25) is 0 Å². The third kappa shape index (κ3) is 3.71. The van der Waals surface area contributed by atoms with Gasteiger partial charge < -0.3 is 10.1 Å². The predicted molar refractivity (Wildman–Crippen MR) is 79.3 cm³/mol. The molecule has 6 heteroatoms. The third-order valence-electron chi connectivity index (χ3n) is 3.16. The minimum Gasteiger partial charge on any atom is -0.385 e. The van der Waals surface area contributed by atoms with Gasteiger partial charge in [0.25, 0.3) is 0 Å². The number of benzene rings is 1. The van der Waals surface area contributed by atoms with Crippen molar-refractivity contribution in [2.45, 2.75) is 18.7 Å². The van der Waals surface area contributed by atoms with Crippen LogP contribution in [0.5, 0.6) is 0 Å². The van der Waals surface area contributed by atoms with Crippen LogP contribution in [-0.2, 0) is 14.8 Å². The van der Waals surface area contributed by atoms with E-state index in [-0.39, 0.29) is 0 Å². The summed E-state index contributed by atoms with van der Waals surface area (Å²) in [6.07, 6.45) is 0. The normalized spacial score (nSPS) is 17.4. The molecule has 1 aromatic carbocycles. The van der Waals surface area contributed by atoms with Gasteiger partial charge in [0.1, 0.15) is 0 Å². The lowest BCUT2D eigenvalue weighted by Gasteiger charge is -2.26. The van der Waals surface area contributed by atoms with E-state index in [0.29, 0.717) is 37.1 Å². The highest BCUT2D eigenvalue weighted by atomic mass is 32.2. The number of nitrogens with zero attached hydrogens (tertiary/aromatic N) is 1. The molecule has 0 radical (unpaired) electrons. The number of nitrogens with one attached hydrogen (secondary N) is 1. The molecule has 20 heavy (non-hydrogen) atoms. The highest BCUT2D eigenvalue weighted by Crippen LogP contribution is 2.20. The van der Waals surface area contributed by atoms with Gasteiger partial charge in [-0.15, -0.1) is 0 Å². The van der Waals surface area contributed by atoms with Crippen molar-refractivity contribution in [1.29, 1.82) is 0 Å². The van der Waals surface area contributed by atoms with Crippen LogP contribution >= 0.6 is 0 Å². The van der Waals surface area contributed by atoms with E-state index in [4.69, 9.17) is 4.74 Å². The summed E-state index contributed by atoms with van der Waals surface area (Å²) in [5, 5.41) is 3.25. The Balaban J connectivity index is 2.16. The van der Waals surface area contributed by atoms with Gasteiger partial charge in [0.15, 0.2) is 0 Å². The summed E-state index contributed by atoms with van der Waals surface area (Å²) < 4.78 is 31.7. The van der Waals surface area contributed by atoms with Crippen molar-refractivity contribution < 1.29 is 13.2 Å². The fourth-order valence-corrected chi connectivity index (χ4v) is 3.48. The number of morpholine rings is 1. The maximum Gasteiger partial charge on any atom is 0.243 e. The summed E-state index contributed by atoms with van der Waals surface area (Å²) in [6.45, 7) is 6.82. The summed E-state index contributed by atoms with van der Waals surface area (Å²) >= 11 is 0. The molecule has 0 unspecified atom stereocenters. The Morgan fingerprint density at radius 3 is 2.65 bits per heavy atom. The van der Waals surface area contributed by atoms with Crippen LogP contribution in [0.1, 0.15) is 13.8 Å². The maximum absolute atomic E-state index is 12.5. The Bertz CT molecular complexity index is 537. The smallest absolute Gasteiger partial charge is 0.243 e. The minimum absolute atomic E-state index is 0.341. The van der Waals surface area contributed by atoms with E-state index < -0.39 is 10.0 Å². The van der Waals surface area contributed by atoms with Crippen molar-refractivity contribution in [3.63, 3.8) is 0 Å². The van der Waals surface area contributed by atoms with Gasteiger partial charge in [0.05, 0.1) is 18.1 Å². The molecule has 0 aromatic heterocycles. The minimum atomic E-state index is -3.41. The fourth-order valence-electron chi connectivity index (χ4n) is 2.02. The summed E-state index contributed by atoms with van der Waals surface area (Å²) in [5.74, 6) is 0.509. The maximum atomic E-state index is 12.5. The molecule has 1 fully saturated rings. The molecule has 2 rings (SSSR count). The number of hydrogen-bond donors (Lipinski definition) is 1. The number of anilines is 1. The van der Waals surface area contributed by atoms with Crippen LogP contribution in [0.15, 0.2) is 29.2 Å². The number of ether oxygens (including phenoxy) is 1. The third-order valence-corrected chi connectivity index (χ3v) is 5.05. The molecule has 5 nitrogen and oxygen atoms in total. The molecule has 1 saturated heterocycles.